The van der Waals surface area contributed by atoms with Crippen molar-refractivity contribution < 1.29 is 27.6 Å². The fraction of sp³-hybridized carbons (Fsp3) is 0.333. The average Bonchev–Trinajstić information content (AvgIpc) is 2.69. The zero-order valence-electron chi connectivity index (χ0n) is 16.6. The Labute approximate surface area is 185 Å². The second-order valence-electron chi connectivity index (χ2n) is 7.94. The van der Waals surface area contributed by atoms with Gasteiger partial charge in [0.1, 0.15) is 17.9 Å². The van der Waals surface area contributed by atoms with Crippen LogP contribution in [0.15, 0.2) is 42.6 Å². The molecule has 0 radical (unpaired) electrons. The summed E-state index contributed by atoms with van der Waals surface area (Å²) in [5.41, 5.74) is 3.68. The van der Waals surface area contributed by atoms with Crippen LogP contribution in [-0.2, 0) is 27.1 Å². The highest BCUT2D eigenvalue weighted by molar-refractivity contribution is 6.30. The first kappa shape index (κ1) is 22.1. The number of alkyl halides is 3. The summed E-state index contributed by atoms with van der Waals surface area (Å²) in [4.78, 5) is 44.9. The van der Waals surface area contributed by atoms with Crippen molar-refractivity contribution in [3.8, 4) is 0 Å². The predicted molar refractivity (Wildman–Crippen MR) is 108 cm³/mol. The number of amides is 3. The molecule has 3 amide bonds. The summed E-state index contributed by atoms with van der Waals surface area (Å²) in [6.07, 6.45) is -3.05. The van der Waals surface area contributed by atoms with Crippen molar-refractivity contribution in [2.45, 2.75) is 31.1 Å². The Morgan fingerprint density at radius 3 is 2.34 bits per heavy atom. The Hall–Kier alpha value is -3.14. The summed E-state index contributed by atoms with van der Waals surface area (Å²) in [6.45, 7) is -0.368. The number of benzene rings is 1. The molecule has 1 saturated carbocycles. The Morgan fingerprint density at radius 2 is 1.81 bits per heavy atom. The molecule has 1 spiro atoms. The maximum atomic E-state index is 13.5. The molecule has 32 heavy (non-hydrogen) atoms. The summed E-state index contributed by atoms with van der Waals surface area (Å²) >= 11 is 5.85. The summed E-state index contributed by atoms with van der Waals surface area (Å²) in [7, 11) is 0. The van der Waals surface area contributed by atoms with Gasteiger partial charge in [0.05, 0.1) is 10.6 Å². The molecule has 2 aliphatic rings. The van der Waals surface area contributed by atoms with Gasteiger partial charge in [-0.25, -0.2) is 4.98 Å². The number of nitrogens with two attached hydrogens (primary N) is 1. The van der Waals surface area contributed by atoms with E-state index in [2.05, 4.69) is 4.98 Å². The van der Waals surface area contributed by atoms with Crippen molar-refractivity contribution in [3.05, 3.63) is 58.7 Å². The quantitative estimate of drug-likeness (QED) is 0.749. The highest BCUT2D eigenvalue weighted by Crippen LogP contribution is 2.47. The normalized spacial score (nSPS) is 23.4. The fourth-order valence-electron chi connectivity index (χ4n) is 4.18. The van der Waals surface area contributed by atoms with Gasteiger partial charge in [-0.3, -0.25) is 19.3 Å². The number of hydrogen-bond acceptors (Lipinski definition) is 4. The van der Waals surface area contributed by atoms with Gasteiger partial charge in [0.2, 0.25) is 11.8 Å². The van der Waals surface area contributed by atoms with Crippen LogP contribution < -0.4 is 10.6 Å². The molecule has 11 heteroatoms. The lowest BCUT2D eigenvalue weighted by atomic mass is 9.65. The summed E-state index contributed by atoms with van der Waals surface area (Å²) in [5.74, 6) is -1.75. The Kier molecular flexibility index (Phi) is 5.36. The second-order valence-corrected chi connectivity index (χ2v) is 8.38. The van der Waals surface area contributed by atoms with E-state index < -0.39 is 40.9 Å². The second kappa shape index (κ2) is 7.77. The van der Waals surface area contributed by atoms with E-state index in [9.17, 15) is 27.6 Å². The lowest BCUT2D eigenvalue weighted by Gasteiger charge is -2.56. The topological polar surface area (TPSA) is 96.6 Å². The molecule has 4 rings (SSSR count). The number of anilines is 1. The third-order valence-corrected chi connectivity index (χ3v) is 6.16. The molecule has 1 aliphatic heterocycles. The van der Waals surface area contributed by atoms with Crippen LogP contribution in [0.3, 0.4) is 0 Å². The van der Waals surface area contributed by atoms with Gasteiger partial charge in [0.25, 0.3) is 5.91 Å². The third kappa shape index (κ3) is 3.79. The zero-order valence-corrected chi connectivity index (χ0v) is 17.4. The van der Waals surface area contributed by atoms with Gasteiger partial charge >= 0.3 is 6.18 Å². The van der Waals surface area contributed by atoms with E-state index in [0.29, 0.717) is 10.6 Å². The van der Waals surface area contributed by atoms with Crippen molar-refractivity contribution in [3.63, 3.8) is 0 Å². The molecular weight excluding hydrogens is 449 g/mol. The van der Waals surface area contributed by atoms with Crippen LogP contribution in [0, 0.1) is 5.92 Å². The largest absolute Gasteiger partial charge is 0.416 e. The van der Waals surface area contributed by atoms with E-state index in [1.807, 2.05) is 0 Å². The number of halogens is 4. The summed E-state index contributed by atoms with van der Waals surface area (Å²) in [6, 6.07) is 7.44. The Morgan fingerprint density at radius 1 is 1.16 bits per heavy atom. The van der Waals surface area contributed by atoms with Crippen molar-refractivity contribution in [1.82, 2.24) is 9.88 Å². The van der Waals surface area contributed by atoms with Crippen LogP contribution in [0.25, 0.3) is 0 Å². The molecule has 2 fully saturated rings. The van der Waals surface area contributed by atoms with Crippen LogP contribution in [-0.4, -0.2) is 39.7 Å². The fourth-order valence-corrected chi connectivity index (χ4v) is 4.30. The van der Waals surface area contributed by atoms with Gasteiger partial charge in [-0.2, -0.15) is 13.2 Å². The molecule has 2 N–H and O–H groups in total. The number of primary amides is 1. The molecule has 7 nitrogen and oxygen atoms in total. The van der Waals surface area contributed by atoms with E-state index in [1.54, 1.807) is 0 Å². The zero-order chi connectivity index (χ0) is 23.3. The minimum atomic E-state index is -4.48. The minimum Gasteiger partial charge on any atom is -0.369 e. The molecule has 0 unspecified atom stereocenters. The first-order valence-electron chi connectivity index (χ1n) is 9.71. The maximum Gasteiger partial charge on any atom is 0.416 e. The van der Waals surface area contributed by atoms with Crippen LogP contribution >= 0.6 is 11.6 Å². The predicted octanol–water partition coefficient (Wildman–Crippen LogP) is 2.76. The molecule has 2 aromatic rings. The van der Waals surface area contributed by atoms with E-state index in [1.165, 1.54) is 40.3 Å². The molecule has 1 saturated heterocycles. The van der Waals surface area contributed by atoms with Gasteiger partial charge in [-0.1, -0.05) is 23.7 Å². The lowest BCUT2D eigenvalue weighted by molar-refractivity contribution is -0.164. The number of piperazine rings is 1. The van der Waals surface area contributed by atoms with Gasteiger partial charge in [-0.05, 0) is 42.7 Å². The van der Waals surface area contributed by atoms with E-state index in [4.69, 9.17) is 17.3 Å². The van der Waals surface area contributed by atoms with E-state index >= 15 is 0 Å². The van der Waals surface area contributed by atoms with Gasteiger partial charge in [0, 0.05) is 18.7 Å². The molecule has 0 atom stereocenters. The first-order valence-corrected chi connectivity index (χ1v) is 10.1. The molecular formula is C21H18ClF3N4O3. The van der Waals surface area contributed by atoms with Gasteiger partial charge < -0.3 is 10.6 Å². The van der Waals surface area contributed by atoms with E-state index in [0.717, 1.165) is 12.1 Å². The monoisotopic (exact) mass is 466 g/mol. The molecule has 1 aromatic carbocycles. The highest BCUT2D eigenvalue weighted by Gasteiger charge is 2.61. The first-order chi connectivity index (χ1) is 15.0. The minimum absolute atomic E-state index is 0.0393. The van der Waals surface area contributed by atoms with E-state index in [-0.39, 0.29) is 31.7 Å². The number of nitrogens with zero attached hydrogens (tertiary/aromatic N) is 3. The van der Waals surface area contributed by atoms with Crippen molar-refractivity contribution >= 4 is 35.1 Å². The lowest BCUT2D eigenvalue weighted by Crippen LogP contribution is -2.73. The number of aromatic nitrogens is 1. The maximum absolute atomic E-state index is 13.5. The smallest absolute Gasteiger partial charge is 0.369 e. The molecule has 2 heterocycles. The van der Waals surface area contributed by atoms with Crippen molar-refractivity contribution in [2.75, 3.05) is 11.4 Å². The standard InChI is InChI=1S/C21H18ClF3N4O3/c22-15-5-6-16(27-9-15)28-11-17(30)29(20(19(28)32)7-13(8-20)18(26)31)10-12-1-3-14(4-2-12)21(23,24)25/h1-6,9,13H,7-8,10-11H2,(H2,26,31). The number of rotatable bonds is 4. The molecule has 168 valence electrons. The summed E-state index contributed by atoms with van der Waals surface area (Å²) in [5, 5.41) is 0.362. The van der Waals surface area contributed by atoms with Crippen molar-refractivity contribution in [2.24, 2.45) is 11.7 Å². The third-order valence-electron chi connectivity index (χ3n) is 5.94. The van der Waals surface area contributed by atoms with Crippen molar-refractivity contribution in [1.29, 1.82) is 0 Å². The number of carbonyl (C=O) groups excluding carboxylic acids is 3. The van der Waals surface area contributed by atoms with Crippen LogP contribution in [0.4, 0.5) is 19.0 Å². The highest BCUT2D eigenvalue weighted by atomic mass is 35.5. The molecule has 0 bridgehead atoms. The number of hydrogen-bond donors (Lipinski definition) is 1. The SMILES string of the molecule is NC(=O)C1CC2(C1)C(=O)N(c1ccc(Cl)cn1)CC(=O)N2Cc1ccc(C(F)(F)F)cc1. The van der Waals surface area contributed by atoms with Crippen LogP contribution in [0.1, 0.15) is 24.0 Å². The number of pyridine rings is 1. The Balaban J connectivity index is 1.64. The van der Waals surface area contributed by atoms with Gasteiger partial charge in [0.15, 0.2) is 0 Å². The Bertz CT molecular complexity index is 1070. The van der Waals surface area contributed by atoms with Crippen LogP contribution in [0.5, 0.6) is 0 Å². The van der Waals surface area contributed by atoms with Crippen LogP contribution in [0.2, 0.25) is 5.02 Å². The van der Waals surface area contributed by atoms with Gasteiger partial charge in [-0.15, -0.1) is 0 Å². The molecule has 1 aromatic heterocycles. The number of carbonyl (C=O) groups is 3. The average molecular weight is 467 g/mol. The molecule has 1 aliphatic carbocycles. The summed E-state index contributed by atoms with van der Waals surface area (Å²) < 4.78 is 38.6.